The van der Waals surface area contributed by atoms with Gasteiger partial charge in [0, 0.05) is 13.0 Å². The minimum absolute atomic E-state index is 0. The summed E-state index contributed by atoms with van der Waals surface area (Å²) < 4.78 is 43.0. The summed E-state index contributed by atoms with van der Waals surface area (Å²) >= 11 is 0. The molecule has 0 radical (unpaired) electrons. The minimum atomic E-state index is -2.87. The number of amides is 1. The molecule has 0 saturated carbocycles. The molecule has 4 nitrogen and oxygen atoms in total. The van der Waals surface area contributed by atoms with Gasteiger partial charge in [-0.2, -0.15) is 8.78 Å². The molecule has 0 aliphatic carbocycles. The Labute approximate surface area is 161 Å². The number of hydrogen-bond acceptors (Lipinski definition) is 3. The van der Waals surface area contributed by atoms with Gasteiger partial charge in [0.15, 0.2) is 0 Å². The standard InChI is InChI=1S/C19H19F3N2O2.ClH/c20-18-15-9-10-23-11-13(15)4-7-16(18)24-17(25)8-3-12-1-5-14(6-2-12)26-19(21)22;/h1-2,4-7,19,23H,3,8-11H2,(H,24,25);1H. The molecule has 1 aliphatic heterocycles. The molecule has 2 aromatic rings. The van der Waals surface area contributed by atoms with Crippen LogP contribution in [0.3, 0.4) is 0 Å². The maximum absolute atomic E-state index is 14.5. The van der Waals surface area contributed by atoms with Crippen molar-refractivity contribution in [3.63, 3.8) is 0 Å². The van der Waals surface area contributed by atoms with Gasteiger partial charge in [0.1, 0.15) is 11.6 Å². The fourth-order valence-corrected chi connectivity index (χ4v) is 2.94. The van der Waals surface area contributed by atoms with Crippen LogP contribution in [0.4, 0.5) is 18.9 Å². The maximum Gasteiger partial charge on any atom is 0.387 e. The predicted octanol–water partition coefficient (Wildman–Crippen LogP) is 4.07. The van der Waals surface area contributed by atoms with Crippen molar-refractivity contribution in [3.05, 3.63) is 58.9 Å². The first-order valence-corrected chi connectivity index (χ1v) is 8.37. The Morgan fingerprint density at radius 3 is 2.63 bits per heavy atom. The lowest BCUT2D eigenvalue weighted by molar-refractivity contribution is -0.116. The highest BCUT2D eigenvalue weighted by molar-refractivity contribution is 5.91. The number of nitrogens with one attached hydrogen (secondary N) is 2. The van der Waals surface area contributed by atoms with Crippen molar-refractivity contribution in [3.8, 4) is 5.75 Å². The van der Waals surface area contributed by atoms with Gasteiger partial charge in [-0.3, -0.25) is 4.79 Å². The Hall–Kier alpha value is -2.25. The van der Waals surface area contributed by atoms with Crippen molar-refractivity contribution >= 4 is 24.0 Å². The van der Waals surface area contributed by atoms with E-state index < -0.39 is 6.61 Å². The smallest absolute Gasteiger partial charge is 0.387 e. The molecule has 146 valence electrons. The van der Waals surface area contributed by atoms with Crippen LogP contribution >= 0.6 is 12.4 Å². The summed E-state index contributed by atoms with van der Waals surface area (Å²) in [7, 11) is 0. The molecular formula is C19H20ClF3N2O2. The Morgan fingerprint density at radius 1 is 1.19 bits per heavy atom. The third kappa shape index (κ3) is 5.61. The molecule has 0 atom stereocenters. The van der Waals surface area contributed by atoms with Gasteiger partial charge in [-0.15, -0.1) is 12.4 Å². The van der Waals surface area contributed by atoms with Crippen molar-refractivity contribution in [1.29, 1.82) is 0 Å². The summed E-state index contributed by atoms with van der Waals surface area (Å²) in [5.74, 6) is -0.602. The molecule has 27 heavy (non-hydrogen) atoms. The topological polar surface area (TPSA) is 50.4 Å². The van der Waals surface area contributed by atoms with Crippen LogP contribution in [0.5, 0.6) is 5.75 Å². The fourth-order valence-electron chi connectivity index (χ4n) is 2.94. The van der Waals surface area contributed by atoms with Crippen LogP contribution in [0.1, 0.15) is 23.1 Å². The summed E-state index contributed by atoms with van der Waals surface area (Å²) in [5, 5.41) is 5.79. The Bertz CT molecular complexity index is 785. The average molecular weight is 401 g/mol. The van der Waals surface area contributed by atoms with Gasteiger partial charge in [-0.1, -0.05) is 18.2 Å². The van der Waals surface area contributed by atoms with E-state index in [1.165, 1.54) is 12.1 Å². The van der Waals surface area contributed by atoms with Crippen molar-refractivity contribution in [2.45, 2.75) is 32.4 Å². The van der Waals surface area contributed by atoms with Crippen LogP contribution in [0, 0.1) is 5.82 Å². The number of benzene rings is 2. The van der Waals surface area contributed by atoms with Crippen LogP contribution in [-0.2, 0) is 24.2 Å². The maximum atomic E-state index is 14.5. The number of aryl methyl sites for hydroxylation is 1. The zero-order valence-corrected chi connectivity index (χ0v) is 15.3. The third-order valence-electron chi connectivity index (χ3n) is 4.27. The number of ether oxygens (including phenoxy) is 1. The van der Waals surface area contributed by atoms with Crippen LogP contribution in [0.15, 0.2) is 36.4 Å². The summed E-state index contributed by atoms with van der Waals surface area (Å²) in [6.45, 7) is -1.52. The molecule has 1 amide bonds. The molecule has 0 spiro atoms. The van der Waals surface area contributed by atoms with Crippen LogP contribution in [0.25, 0.3) is 0 Å². The van der Waals surface area contributed by atoms with E-state index in [0.717, 1.165) is 11.1 Å². The van der Waals surface area contributed by atoms with E-state index in [2.05, 4.69) is 15.4 Å². The molecule has 1 heterocycles. The molecule has 1 aliphatic rings. The lowest BCUT2D eigenvalue weighted by atomic mass is 9.99. The van der Waals surface area contributed by atoms with Crippen molar-refractivity contribution in [2.75, 3.05) is 11.9 Å². The summed E-state index contributed by atoms with van der Waals surface area (Å²) in [4.78, 5) is 12.1. The third-order valence-corrected chi connectivity index (χ3v) is 4.27. The number of carbonyl (C=O) groups excluding carboxylic acids is 1. The highest BCUT2D eigenvalue weighted by Gasteiger charge is 2.17. The fraction of sp³-hybridized carbons (Fsp3) is 0.316. The lowest BCUT2D eigenvalue weighted by Crippen LogP contribution is -2.25. The second-order valence-electron chi connectivity index (χ2n) is 6.06. The normalized spacial score (nSPS) is 12.9. The molecule has 0 unspecified atom stereocenters. The van der Waals surface area contributed by atoms with Crippen molar-refractivity contribution < 1.29 is 22.7 Å². The first-order chi connectivity index (χ1) is 12.5. The molecular weight excluding hydrogens is 381 g/mol. The number of anilines is 1. The molecule has 0 saturated heterocycles. The predicted molar refractivity (Wildman–Crippen MR) is 99.1 cm³/mol. The van der Waals surface area contributed by atoms with Gasteiger partial charge in [-0.25, -0.2) is 4.39 Å². The summed E-state index contributed by atoms with van der Waals surface area (Å²) in [6.07, 6.45) is 1.17. The Kier molecular flexibility index (Phi) is 7.50. The largest absolute Gasteiger partial charge is 0.435 e. The van der Waals surface area contributed by atoms with E-state index in [9.17, 15) is 18.0 Å². The first-order valence-electron chi connectivity index (χ1n) is 8.37. The molecule has 2 aromatic carbocycles. The average Bonchev–Trinajstić information content (AvgIpc) is 2.63. The zero-order chi connectivity index (χ0) is 18.5. The second-order valence-corrected chi connectivity index (χ2v) is 6.06. The molecule has 0 aromatic heterocycles. The zero-order valence-electron chi connectivity index (χ0n) is 14.4. The number of fused-ring (bicyclic) bond motifs is 1. The molecule has 0 fully saturated rings. The van der Waals surface area contributed by atoms with E-state index in [1.807, 2.05) is 6.07 Å². The van der Waals surface area contributed by atoms with E-state index in [1.54, 1.807) is 18.2 Å². The molecule has 0 bridgehead atoms. The number of halogens is 4. The van der Waals surface area contributed by atoms with Gasteiger partial charge in [-0.05, 0) is 54.3 Å². The number of hydrogen-bond donors (Lipinski definition) is 2. The van der Waals surface area contributed by atoms with Crippen LogP contribution < -0.4 is 15.4 Å². The monoisotopic (exact) mass is 400 g/mol. The summed E-state index contributed by atoms with van der Waals surface area (Å²) in [5.41, 5.74) is 2.56. The minimum Gasteiger partial charge on any atom is -0.435 e. The molecule has 3 rings (SSSR count). The number of carbonyl (C=O) groups is 1. The Balaban J connectivity index is 0.00000261. The lowest BCUT2D eigenvalue weighted by Gasteiger charge is -2.19. The van der Waals surface area contributed by atoms with Crippen molar-refractivity contribution in [1.82, 2.24) is 5.32 Å². The van der Waals surface area contributed by atoms with Gasteiger partial charge < -0.3 is 15.4 Å². The molecule has 8 heteroatoms. The first kappa shape index (κ1) is 21.1. The summed E-state index contributed by atoms with van der Waals surface area (Å²) in [6, 6.07) is 9.50. The van der Waals surface area contributed by atoms with Crippen LogP contribution in [0.2, 0.25) is 0 Å². The second kappa shape index (κ2) is 9.62. The van der Waals surface area contributed by atoms with Crippen molar-refractivity contribution in [2.24, 2.45) is 0 Å². The van der Waals surface area contributed by atoms with Gasteiger partial charge in [0.05, 0.1) is 5.69 Å². The van der Waals surface area contributed by atoms with Crippen LogP contribution in [-0.4, -0.2) is 19.1 Å². The van der Waals surface area contributed by atoms with E-state index in [-0.39, 0.29) is 42.0 Å². The van der Waals surface area contributed by atoms with Gasteiger partial charge in [0.2, 0.25) is 5.91 Å². The highest BCUT2D eigenvalue weighted by atomic mass is 35.5. The van der Waals surface area contributed by atoms with Gasteiger partial charge >= 0.3 is 6.61 Å². The van der Waals surface area contributed by atoms with E-state index >= 15 is 0 Å². The van der Waals surface area contributed by atoms with E-state index in [4.69, 9.17) is 0 Å². The molecule has 2 N–H and O–H groups in total. The number of rotatable bonds is 6. The highest BCUT2D eigenvalue weighted by Crippen LogP contribution is 2.24. The quantitative estimate of drug-likeness (QED) is 0.768. The SMILES string of the molecule is Cl.O=C(CCc1ccc(OC(F)F)cc1)Nc1ccc2c(c1F)CCNC2. The number of alkyl halides is 2. The van der Waals surface area contributed by atoms with E-state index in [0.29, 0.717) is 31.5 Å². The van der Waals surface area contributed by atoms with Gasteiger partial charge in [0.25, 0.3) is 0 Å². The Morgan fingerprint density at radius 2 is 1.93 bits per heavy atom.